The van der Waals surface area contributed by atoms with Crippen molar-refractivity contribution in [1.82, 2.24) is 10.5 Å². The highest BCUT2D eigenvalue weighted by Crippen LogP contribution is 2.20. The maximum Gasteiger partial charge on any atom is 0.336 e. The van der Waals surface area contributed by atoms with E-state index in [0.717, 1.165) is 5.56 Å². The zero-order chi connectivity index (χ0) is 15.4. The van der Waals surface area contributed by atoms with Gasteiger partial charge in [-0.05, 0) is 37.1 Å². The molecule has 0 atom stereocenters. The molecule has 2 rings (SSSR count). The Balaban J connectivity index is 2.05. The first-order valence-electron chi connectivity index (χ1n) is 6.26. The van der Waals surface area contributed by atoms with Crippen LogP contribution in [-0.4, -0.2) is 22.3 Å². The van der Waals surface area contributed by atoms with E-state index in [-0.39, 0.29) is 12.1 Å². The average Bonchev–Trinajstić information content (AvgIpc) is 2.93. The van der Waals surface area contributed by atoms with Crippen LogP contribution in [0.2, 0.25) is 0 Å². The second-order valence-corrected chi connectivity index (χ2v) is 4.56. The predicted molar refractivity (Wildman–Crippen MR) is 75.2 cm³/mol. The zero-order valence-electron chi connectivity index (χ0n) is 11.6. The van der Waals surface area contributed by atoms with E-state index in [2.05, 4.69) is 15.8 Å². The van der Waals surface area contributed by atoms with Crippen LogP contribution >= 0.6 is 0 Å². The lowest BCUT2D eigenvalue weighted by atomic mass is 10.0. The molecule has 1 aromatic carbocycles. The normalized spacial score (nSPS) is 10.2. The molecule has 0 spiro atoms. The number of carbonyl (C=O) groups excluding carboxylic acids is 1. The predicted octanol–water partition coefficient (Wildman–Crippen LogP) is 2.31. The number of anilines is 1. The minimum atomic E-state index is -1.03. The maximum atomic E-state index is 11.8. The summed E-state index contributed by atoms with van der Waals surface area (Å²) in [4.78, 5) is 22.9. The zero-order valence-corrected chi connectivity index (χ0v) is 11.6. The molecule has 0 saturated heterocycles. The SMILES string of the molecule is Cc1cc(NC(=O)NCc2ccno2)cc(C(=O)O)c1C. The lowest BCUT2D eigenvalue weighted by Gasteiger charge is -2.11. The number of carbonyl (C=O) groups is 2. The number of aryl methyl sites for hydroxylation is 1. The largest absolute Gasteiger partial charge is 0.478 e. The number of rotatable bonds is 4. The number of aromatic carboxylic acids is 1. The van der Waals surface area contributed by atoms with Gasteiger partial charge in [-0.15, -0.1) is 0 Å². The highest BCUT2D eigenvalue weighted by atomic mass is 16.5. The fraction of sp³-hybridized carbons (Fsp3) is 0.214. The topological polar surface area (TPSA) is 104 Å². The Morgan fingerprint density at radius 3 is 2.71 bits per heavy atom. The smallest absolute Gasteiger partial charge is 0.336 e. The summed E-state index contributed by atoms with van der Waals surface area (Å²) in [5.41, 5.74) is 2.06. The summed E-state index contributed by atoms with van der Waals surface area (Å²) >= 11 is 0. The van der Waals surface area contributed by atoms with Gasteiger partial charge in [0.15, 0.2) is 5.76 Å². The Labute approximate surface area is 120 Å². The number of carboxylic acid groups (broad SMARTS) is 1. The summed E-state index contributed by atoms with van der Waals surface area (Å²) in [6.45, 7) is 3.72. The van der Waals surface area contributed by atoms with E-state index in [9.17, 15) is 9.59 Å². The lowest BCUT2D eigenvalue weighted by Crippen LogP contribution is -2.28. The summed E-state index contributed by atoms with van der Waals surface area (Å²) in [7, 11) is 0. The van der Waals surface area contributed by atoms with Crippen molar-refractivity contribution < 1.29 is 19.2 Å². The van der Waals surface area contributed by atoms with Gasteiger partial charge >= 0.3 is 12.0 Å². The van der Waals surface area contributed by atoms with E-state index in [1.807, 2.05) is 0 Å². The van der Waals surface area contributed by atoms with E-state index in [1.54, 1.807) is 26.0 Å². The fourth-order valence-corrected chi connectivity index (χ4v) is 1.83. The molecule has 0 aliphatic rings. The Kier molecular flexibility index (Phi) is 4.22. The molecule has 3 N–H and O–H groups in total. The minimum absolute atomic E-state index is 0.167. The first-order valence-corrected chi connectivity index (χ1v) is 6.26. The van der Waals surface area contributed by atoms with Crippen LogP contribution in [0.15, 0.2) is 28.9 Å². The molecule has 0 bridgehead atoms. The fourth-order valence-electron chi connectivity index (χ4n) is 1.83. The van der Waals surface area contributed by atoms with Crippen LogP contribution in [0.4, 0.5) is 10.5 Å². The second-order valence-electron chi connectivity index (χ2n) is 4.56. The summed E-state index contributed by atoms with van der Waals surface area (Å²) in [6, 6.07) is 4.33. The summed E-state index contributed by atoms with van der Waals surface area (Å²) in [6.07, 6.45) is 1.48. The van der Waals surface area contributed by atoms with Crippen LogP contribution in [0.1, 0.15) is 27.2 Å². The molecule has 0 aliphatic carbocycles. The van der Waals surface area contributed by atoms with Crippen molar-refractivity contribution in [2.24, 2.45) is 0 Å². The summed E-state index contributed by atoms with van der Waals surface area (Å²) in [5.74, 6) is -0.502. The summed E-state index contributed by atoms with van der Waals surface area (Å²) in [5, 5.41) is 17.8. The number of amides is 2. The molecule has 0 unspecified atom stereocenters. The van der Waals surface area contributed by atoms with Crippen molar-refractivity contribution in [3.63, 3.8) is 0 Å². The van der Waals surface area contributed by atoms with Gasteiger partial charge in [0.1, 0.15) is 0 Å². The number of nitrogens with one attached hydrogen (secondary N) is 2. The van der Waals surface area contributed by atoms with E-state index in [1.165, 1.54) is 12.3 Å². The molecular formula is C14H15N3O4. The van der Waals surface area contributed by atoms with Gasteiger partial charge in [-0.3, -0.25) is 0 Å². The van der Waals surface area contributed by atoms with Gasteiger partial charge in [0.05, 0.1) is 18.3 Å². The van der Waals surface area contributed by atoms with E-state index in [4.69, 9.17) is 9.63 Å². The van der Waals surface area contributed by atoms with E-state index < -0.39 is 12.0 Å². The molecule has 0 fully saturated rings. The molecule has 1 aromatic heterocycles. The van der Waals surface area contributed by atoms with Crippen molar-refractivity contribution in [3.05, 3.63) is 46.8 Å². The van der Waals surface area contributed by atoms with Crippen molar-refractivity contribution in [2.75, 3.05) is 5.32 Å². The molecule has 0 radical (unpaired) electrons. The van der Waals surface area contributed by atoms with Crippen LogP contribution in [0.25, 0.3) is 0 Å². The van der Waals surface area contributed by atoms with E-state index >= 15 is 0 Å². The average molecular weight is 289 g/mol. The molecule has 0 aliphatic heterocycles. The lowest BCUT2D eigenvalue weighted by molar-refractivity contribution is 0.0696. The first kappa shape index (κ1) is 14.6. The molecule has 0 saturated carbocycles. The quantitative estimate of drug-likeness (QED) is 0.801. The van der Waals surface area contributed by atoms with Gasteiger partial charge in [0.25, 0.3) is 0 Å². The number of carboxylic acids is 1. The Morgan fingerprint density at radius 2 is 2.10 bits per heavy atom. The van der Waals surface area contributed by atoms with Crippen LogP contribution in [-0.2, 0) is 6.54 Å². The van der Waals surface area contributed by atoms with Gasteiger partial charge in [0.2, 0.25) is 0 Å². The van der Waals surface area contributed by atoms with Gasteiger partial charge in [-0.2, -0.15) is 0 Å². The number of nitrogens with zero attached hydrogens (tertiary/aromatic N) is 1. The molecule has 7 heteroatoms. The van der Waals surface area contributed by atoms with Crippen molar-refractivity contribution in [3.8, 4) is 0 Å². The summed E-state index contributed by atoms with van der Waals surface area (Å²) < 4.78 is 4.85. The number of hydrogen-bond acceptors (Lipinski definition) is 4. The van der Waals surface area contributed by atoms with Gasteiger partial charge in [-0.1, -0.05) is 5.16 Å². The molecular weight excluding hydrogens is 274 g/mol. The van der Waals surface area contributed by atoms with Crippen LogP contribution in [0.5, 0.6) is 0 Å². The van der Waals surface area contributed by atoms with Crippen molar-refractivity contribution in [1.29, 1.82) is 0 Å². The van der Waals surface area contributed by atoms with Gasteiger partial charge in [-0.25, -0.2) is 9.59 Å². The number of hydrogen-bond donors (Lipinski definition) is 3. The van der Waals surface area contributed by atoms with Crippen molar-refractivity contribution in [2.45, 2.75) is 20.4 Å². The minimum Gasteiger partial charge on any atom is -0.478 e. The van der Waals surface area contributed by atoms with Crippen LogP contribution in [0.3, 0.4) is 0 Å². The second kappa shape index (κ2) is 6.08. The van der Waals surface area contributed by atoms with Crippen LogP contribution in [0, 0.1) is 13.8 Å². The third kappa shape index (κ3) is 3.59. The third-order valence-corrected chi connectivity index (χ3v) is 3.07. The maximum absolute atomic E-state index is 11.8. The Bertz CT molecular complexity index is 665. The van der Waals surface area contributed by atoms with E-state index in [0.29, 0.717) is 17.0 Å². The monoisotopic (exact) mass is 289 g/mol. The highest BCUT2D eigenvalue weighted by molar-refractivity contribution is 5.94. The number of benzene rings is 1. The number of urea groups is 1. The van der Waals surface area contributed by atoms with Crippen LogP contribution < -0.4 is 10.6 Å². The first-order chi connectivity index (χ1) is 9.97. The Morgan fingerprint density at radius 1 is 1.33 bits per heavy atom. The third-order valence-electron chi connectivity index (χ3n) is 3.07. The molecule has 21 heavy (non-hydrogen) atoms. The Hall–Kier alpha value is -2.83. The molecule has 2 amide bonds. The van der Waals surface area contributed by atoms with Crippen molar-refractivity contribution >= 4 is 17.7 Å². The van der Waals surface area contributed by atoms with Gasteiger partial charge < -0.3 is 20.3 Å². The molecule has 110 valence electrons. The van der Waals surface area contributed by atoms with Gasteiger partial charge in [0, 0.05) is 11.8 Å². The number of aromatic nitrogens is 1. The molecule has 1 heterocycles. The standard InChI is InChI=1S/C14H15N3O4/c1-8-5-10(6-12(9(8)2)13(18)19)17-14(20)15-7-11-3-4-16-21-11/h3-6H,7H2,1-2H3,(H,18,19)(H2,15,17,20). The highest BCUT2D eigenvalue weighted by Gasteiger charge is 2.12. The molecule has 2 aromatic rings. The molecule has 7 nitrogen and oxygen atoms in total.